The molecule has 0 radical (unpaired) electrons. The van der Waals surface area contributed by atoms with E-state index in [1.165, 1.54) is 5.56 Å². The van der Waals surface area contributed by atoms with E-state index in [1.807, 2.05) is 12.1 Å². The maximum absolute atomic E-state index is 10.6. The Kier molecular flexibility index (Phi) is 4.93. The summed E-state index contributed by atoms with van der Waals surface area (Å²) in [5.74, 6) is 0.541. The Labute approximate surface area is 125 Å². The van der Waals surface area contributed by atoms with Crippen LogP contribution in [0.25, 0.3) is 0 Å². The van der Waals surface area contributed by atoms with Crippen molar-refractivity contribution >= 4 is 11.4 Å². The topological polar surface area (TPSA) is 55.2 Å². The fourth-order valence-corrected chi connectivity index (χ4v) is 2.12. The van der Waals surface area contributed by atoms with E-state index < -0.39 is 0 Å². The first kappa shape index (κ1) is 15.0. The lowest BCUT2D eigenvalue weighted by Crippen LogP contribution is -2.05. The maximum Gasteiger partial charge on any atom is 0.269 e. The highest BCUT2D eigenvalue weighted by molar-refractivity contribution is 5.45. The van der Waals surface area contributed by atoms with Crippen molar-refractivity contribution in [2.45, 2.75) is 26.2 Å². The molecule has 0 unspecified atom stereocenters. The third kappa shape index (κ3) is 4.31. The molecule has 0 atom stereocenters. The molecule has 2 aromatic carbocycles. The molecule has 0 spiro atoms. The van der Waals surface area contributed by atoms with E-state index in [9.17, 15) is 10.1 Å². The lowest BCUT2D eigenvalue weighted by Gasteiger charge is -2.09. The molecular weight excluding hydrogens is 264 g/mol. The lowest BCUT2D eigenvalue weighted by molar-refractivity contribution is -0.384. The minimum Gasteiger partial charge on any atom is -0.385 e. The fraction of sp³-hybridized carbons (Fsp3) is 0.294. The van der Waals surface area contributed by atoms with E-state index in [4.69, 9.17) is 0 Å². The van der Waals surface area contributed by atoms with Gasteiger partial charge >= 0.3 is 0 Å². The molecule has 0 fully saturated rings. The molecule has 0 aromatic heterocycles. The average molecular weight is 284 g/mol. The van der Waals surface area contributed by atoms with Crippen LogP contribution in [0.15, 0.2) is 48.5 Å². The number of rotatable bonds is 6. The van der Waals surface area contributed by atoms with Gasteiger partial charge in [-0.1, -0.05) is 38.1 Å². The number of anilines is 1. The van der Waals surface area contributed by atoms with E-state index in [2.05, 4.69) is 43.4 Å². The molecule has 0 aliphatic carbocycles. The Morgan fingerprint density at radius 1 is 1.05 bits per heavy atom. The molecule has 0 bridgehead atoms. The molecule has 0 aliphatic heterocycles. The van der Waals surface area contributed by atoms with Gasteiger partial charge in [0.2, 0.25) is 0 Å². The second-order valence-corrected chi connectivity index (χ2v) is 5.38. The number of benzene rings is 2. The van der Waals surface area contributed by atoms with E-state index in [1.54, 1.807) is 12.1 Å². The molecule has 21 heavy (non-hydrogen) atoms. The highest BCUT2D eigenvalue weighted by Crippen LogP contribution is 2.17. The van der Waals surface area contributed by atoms with Crippen molar-refractivity contribution in [2.75, 3.05) is 11.9 Å². The number of non-ortho nitro benzene ring substituents is 1. The summed E-state index contributed by atoms with van der Waals surface area (Å²) >= 11 is 0. The van der Waals surface area contributed by atoms with Gasteiger partial charge in [0.05, 0.1) is 4.92 Å². The van der Waals surface area contributed by atoms with Crippen molar-refractivity contribution in [1.29, 1.82) is 0 Å². The number of hydrogen-bond donors (Lipinski definition) is 1. The van der Waals surface area contributed by atoms with Gasteiger partial charge in [-0.15, -0.1) is 0 Å². The Morgan fingerprint density at radius 3 is 2.19 bits per heavy atom. The van der Waals surface area contributed by atoms with Crippen LogP contribution >= 0.6 is 0 Å². The summed E-state index contributed by atoms with van der Waals surface area (Å²) in [6.45, 7) is 5.16. The summed E-state index contributed by atoms with van der Waals surface area (Å²) in [5, 5.41) is 13.9. The van der Waals surface area contributed by atoms with Gasteiger partial charge in [0.1, 0.15) is 0 Å². The normalized spacial score (nSPS) is 10.6. The third-order valence-electron chi connectivity index (χ3n) is 3.47. The maximum atomic E-state index is 10.6. The van der Waals surface area contributed by atoms with Gasteiger partial charge in [-0.25, -0.2) is 0 Å². The van der Waals surface area contributed by atoms with Crippen LogP contribution in [0.2, 0.25) is 0 Å². The summed E-state index contributed by atoms with van der Waals surface area (Å²) in [5.41, 5.74) is 3.65. The molecule has 2 rings (SSSR count). The van der Waals surface area contributed by atoms with Gasteiger partial charge < -0.3 is 5.32 Å². The van der Waals surface area contributed by atoms with Crippen molar-refractivity contribution in [1.82, 2.24) is 0 Å². The Bertz CT molecular complexity index is 589. The fourth-order valence-electron chi connectivity index (χ4n) is 2.12. The first-order valence-corrected chi connectivity index (χ1v) is 7.13. The van der Waals surface area contributed by atoms with Crippen LogP contribution in [0.1, 0.15) is 30.9 Å². The van der Waals surface area contributed by atoms with Gasteiger partial charge in [-0.3, -0.25) is 10.1 Å². The van der Waals surface area contributed by atoms with Crippen LogP contribution in [0.4, 0.5) is 11.4 Å². The SMILES string of the molecule is CC(C)c1ccc(NCCc2ccc([N+](=O)[O-])cc2)cc1. The molecule has 0 amide bonds. The minimum absolute atomic E-state index is 0.135. The summed E-state index contributed by atoms with van der Waals surface area (Å²) in [6, 6.07) is 15.2. The van der Waals surface area contributed by atoms with E-state index in [0.29, 0.717) is 5.92 Å². The Hall–Kier alpha value is -2.36. The first-order chi connectivity index (χ1) is 10.1. The molecular formula is C17H20N2O2. The highest BCUT2D eigenvalue weighted by Gasteiger charge is 2.03. The van der Waals surface area contributed by atoms with Crippen LogP contribution in [0.3, 0.4) is 0 Å². The molecule has 110 valence electrons. The summed E-state index contributed by atoms with van der Waals surface area (Å²) < 4.78 is 0. The molecule has 4 heteroatoms. The van der Waals surface area contributed by atoms with E-state index in [-0.39, 0.29) is 10.6 Å². The van der Waals surface area contributed by atoms with E-state index >= 15 is 0 Å². The summed E-state index contributed by atoms with van der Waals surface area (Å²) in [6.07, 6.45) is 0.837. The first-order valence-electron chi connectivity index (χ1n) is 7.13. The number of nitro benzene ring substituents is 1. The molecule has 4 nitrogen and oxygen atoms in total. The highest BCUT2D eigenvalue weighted by atomic mass is 16.6. The van der Waals surface area contributed by atoms with Gasteiger partial charge in [-0.2, -0.15) is 0 Å². The predicted octanol–water partition coefficient (Wildman–Crippen LogP) is 4.37. The smallest absolute Gasteiger partial charge is 0.269 e. The number of nitrogens with zero attached hydrogens (tertiary/aromatic N) is 1. The average Bonchev–Trinajstić information content (AvgIpc) is 2.48. The van der Waals surface area contributed by atoms with Gasteiger partial charge in [-0.05, 0) is 35.6 Å². The lowest BCUT2D eigenvalue weighted by atomic mass is 10.0. The second-order valence-electron chi connectivity index (χ2n) is 5.38. The van der Waals surface area contributed by atoms with Crippen LogP contribution in [-0.2, 0) is 6.42 Å². The summed E-state index contributed by atoms with van der Waals surface area (Å²) in [7, 11) is 0. The molecule has 0 saturated heterocycles. The zero-order valence-corrected chi connectivity index (χ0v) is 12.4. The largest absolute Gasteiger partial charge is 0.385 e. The molecule has 2 aromatic rings. The van der Waals surface area contributed by atoms with Crippen LogP contribution in [-0.4, -0.2) is 11.5 Å². The second kappa shape index (κ2) is 6.88. The zero-order valence-electron chi connectivity index (χ0n) is 12.4. The molecule has 0 saturated carbocycles. The summed E-state index contributed by atoms with van der Waals surface area (Å²) in [4.78, 5) is 10.2. The molecule has 0 aliphatic rings. The minimum atomic E-state index is -0.377. The van der Waals surface area contributed by atoms with Crippen molar-refractivity contribution in [3.8, 4) is 0 Å². The monoisotopic (exact) mass is 284 g/mol. The molecule has 1 N–H and O–H groups in total. The van der Waals surface area contributed by atoms with Gasteiger partial charge in [0.15, 0.2) is 0 Å². The van der Waals surface area contributed by atoms with Gasteiger partial charge in [0, 0.05) is 24.4 Å². The van der Waals surface area contributed by atoms with Gasteiger partial charge in [0.25, 0.3) is 5.69 Å². The van der Waals surface area contributed by atoms with E-state index in [0.717, 1.165) is 24.2 Å². The molecule has 0 heterocycles. The number of nitro groups is 1. The standard InChI is InChI=1S/C17H20N2O2/c1-13(2)15-5-7-16(8-6-15)18-12-11-14-3-9-17(10-4-14)19(20)21/h3-10,13,18H,11-12H2,1-2H3. The third-order valence-corrected chi connectivity index (χ3v) is 3.47. The Morgan fingerprint density at radius 2 is 1.67 bits per heavy atom. The number of nitrogens with one attached hydrogen (secondary N) is 1. The van der Waals surface area contributed by atoms with Crippen molar-refractivity contribution in [2.24, 2.45) is 0 Å². The van der Waals surface area contributed by atoms with Crippen molar-refractivity contribution < 1.29 is 4.92 Å². The van der Waals surface area contributed by atoms with Crippen LogP contribution in [0, 0.1) is 10.1 Å². The quantitative estimate of drug-likeness (QED) is 0.633. The van der Waals surface area contributed by atoms with Crippen LogP contribution < -0.4 is 5.32 Å². The van der Waals surface area contributed by atoms with Crippen molar-refractivity contribution in [3.63, 3.8) is 0 Å². The Balaban J connectivity index is 1.85. The number of hydrogen-bond acceptors (Lipinski definition) is 3. The predicted molar refractivity (Wildman–Crippen MR) is 85.8 cm³/mol. The van der Waals surface area contributed by atoms with Crippen LogP contribution in [0.5, 0.6) is 0 Å². The zero-order chi connectivity index (χ0) is 15.2. The van der Waals surface area contributed by atoms with Crippen molar-refractivity contribution in [3.05, 3.63) is 69.8 Å².